The summed E-state index contributed by atoms with van der Waals surface area (Å²) in [6, 6.07) is 14.1. The second-order valence-corrected chi connectivity index (χ2v) is 7.15. The second kappa shape index (κ2) is 5.85. The predicted molar refractivity (Wildman–Crippen MR) is 98.2 cm³/mol. The lowest BCUT2D eigenvalue weighted by Crippen LogP contribution is -2.38. The van der Waals surface area contributed by atoms with Gasteiger partial charge in [0.2, 0.25) is 0 Å². The van der Waals surface area contributed by atoms with Gasteiger partial charge in [0.25, 0.3) is 0 Å². The van der Waals surface area contributed by atoms with Gasteiger partial charge >= 0.3 is 6.03 Å². The van der Waals surface area contributed by atoms with Gasteiger partial charge in [0.05, 0.1) is 13.2 Å². The summed E-state index contributed by atoms with van der Waals surface area (Å²) >= 11 is 0. The Labute approximate surface area is 151 Å². The molecule has 0 unspecified atom stereocenters. The van der Waals surface area contributed by atoms with E-state index in [2.05, 4.69) is 34.6 Å². The van der Waals surface area contributed by atoms with Crippen molar-refractivity contribution in [3.05, 3.63) is 66.6 Å². The molecule has 0 radical (unpaired) electrons. The molecule has 0 aliphatic carbocycles. The molecule has 2 amide bonds. The Bertz CT molecular complexity index is 955. The maximum Gasteiger partial charge on any atom is 0.321 e. The Morgan fingerprint density at radius 1 is 1.23 bits per heavy atom. The van der Waals surface area contributed by atoms with Crippen molar-refractivity contribution < 1.29 is 9.53 Å². The largest absolute Gasteiger partial charge is 0.380 e. The molecule has 1 N–H and O–H groups in total. The number of carbonyl (C=O) groups is 1. The van der Waals surface area contributed by atoms with Gasteiger partial charge in [0.15, 0.2) is 0 Å². The van der Waals surface area contributed by atoms with Gasteiger partial charge in [-0.1, -0.05) is 30.3 Å². The molecule has 2 saturated heterocycles. The molecule has 2 atom stereocenters. The highest BCUT2D eigenvalue weighted by atomic mass is 16.5. The Hall–Kier alpha value is -2.86. The number of rotatable bonds is 2. The maximum atomic E-state index is 12.8. The van der Waals surface area contributed by atoms with Crippen molar-refractivity contribution in [1.29, 1.82) is 0 Å². The number of likely N-dealkylation sites (tertiary alicyclic amines) is 1. The highest BCUT2D eigenvalue weighted by Gasteiger charge is 2.52. The van der Waals surface area contributed by atoms with Gasteiger partial charge in [-0.15, -0.1) is 0 Å². The van der Waals surface area contributed by atoms with E-state index >= 15 is 0 Å². The summed E-state index contributed by atoms with van der Waals surface area (Å²) in [5.41, 5.74) is 2.74. The Balaban J connectivity index is 1.37. The number of fused-ring (bicyclic) bond motifs is 2. The molecule has 2 aromatic heterocycles. The first-order valence-electron chi connectivity index (χ1n) is 8.87. The van der Waals surface area contributed by atoms with Crippen LogP contribution in [0.3, 0.4) is 0 Å². The zero-order valence-electron chi connectivity index (χ0n) is 14.3. The molecule has 2 aliphatic heterocycles. The van der Waals surface area contributed by atoms with E-state index in [0.717, 1.165) is 11.3 Å². The number of aromatic nitrogens is 2. The molecular weight excluding hydrogens is 328 g/mol. The molecule has 0 spiro atoms. The van der Waals surface area contributed by atoms with Crippen LogP contribution in [0.25, 0.3) is 5.65 Å². The van der Waals surface area contributed by atoms with Crippen molar-refractivity contribution in [2.75, 3.05) is 31.6 Å². The van der Waals surface area contributed by atoms with Crippen molar-refractivity contribution in [2.45, 2.75) is 5.41 Å². The van der Waals surface area contributed by atoms with Crippen LogP contribution in [0.2, 0.25) is 0 Å². The van der Waals surface area contributed by atoms with Gasteiger partial charge in [0.1, 0.15) is 5.65 Å². The number of ether oxygens (including phenoxy) is 1. The molecule has 2 aliphatic rings. The van der Waals surface area contributed by atoms with E-state index in [9.17, 15) is 4.79 Å². The Kier molecular flexibility index (Phi) is 3.46. The van der Waals surface area contributed by atoms with Crippen molar-refractivity contribution in [3.63, 3.8) is 0 Å². The van der Waals surface area contributed by atoms with Crippen LogP contribution in [0.1, 0.15) is 5.56 Å². The quantitative estimate of drug-likeness (QED) is 0.775. The number of hydrogen-bond acceptors (Lipinski definition) is 3. The molecule has 2 fully saturated rings. The Morgan fingerprint density at radius 3 is 3.00 bits per heavy atom. The third-order valence-electron chi connectivity index (χ3n) is 5.66. The van der Waals surface area contributed by atoms with Crippen LogP contribution in [-0.2, 0) is 10.2 Å². The smallest absolute Gasteiger partial charge is 0.321 e. The third kappa shape index (κ3) is 2.37. The number of amides is 2. The summed E-state index contributed by atoms with van der Waals surface area (Å²) in [6.45, 7) is 2.77. The standard InChI is InChI=1S/C20H20N4O2/c25-19(22-17-6-8-23-9-7-21-18(23)10-17)24-11-16-12-26-14-20(16,13-24)15-4-2-1-3-5-15/h1-10,16H,11-14H2,(H,22,25)/t16-,20+/m1/s1. The maximum absolute atomic E-state index is 12.8. The number of nitrogens with one attached hydrogen (secondary N) is 1. The number of nitrogens with zero attached hydrogens (tertiary/aromatic N) is 3. The lowest BCUT2D eigenvalue weighted by molar-refractivity contribution is 0.152. The molecule has 5 rings (SSSR count). The van der Waals surface area contributed by atoms with Crippen molar-refractivity contribution in [1.82, 2.24) is 14.3 Å². The van der Waals surface area contributed by atoms with Gasteiger partial charge in [-0.2, -0.15) is 0 Å². The van der Waals surface area contributed by atoms with E-state index in [1.54, 1.807) is 6.20 Å². The van der Waals surface area contributed by atoms with E-state index in [1.165, 1.54) is 5.56 Å². The monoisotopic (exact) mass is 348 g/mol. The van der Waals surface area contributed by atoms with E-state index in [1.807, 2.05) is 39.9 Å². The first-order chi connectivity index (χ1) is 12.7. The number of pyridine rings is 1. The van der Waals surface area contributed by atoms with Crippen LogP contribution in [0, 0.1) is 5.92 Å². The average Bonchev–Trinajstić information content (AvgIpc) is 3.36. The predicted octanol–water partition coefficient (Wildman–Crippen LogP) is 2.77. The normalized spacial score (nSPS) is 24.8. The van der Waals surface area contributed by atoms with Gasteiger partial charge in [-0.05, 0) is 11.6 Å². The fraction of sp³-hybridized carbons (Fsp3) is 0.300. The SMILES string of the molecule is O=C(Nc1ccn2ccnc2c1)N1C[C@@H]2COC[C@]2(c2ccccc2)C1. The van der Waals surface area contributed by atoms with Gasteiger partial charge < -0.3 is 19.4 Å². The lowest BCUT2D eigenvalue weighted by atomic mass is 9.75. The van der Waals surface area contributed by atoms with E-state index in [0.29, 0.717) is 32.2 Å². The van der Waals surface area contributed by atoms with Crippen LogP contribution in [0.4, 0.5) is 10.5 Å². The van der Waals surface area contributed by atoms with Crippen molar-refractivity contribution >= 4 is 17.4 Å². The first kappa shape index (κ1) is 15.4. The average molecular weight is 348 g/mol. The van der Waals surface area contributed by atoms with E-state index in [-0.39, 0.29) is 11.4 Å². The molecular formula is C20H20N4O2. The summed E-state index contributed by atoms with van der Waals surface area (Å²) < 4.78 is 7.70. The van der Waals surface area contributed by atoms with E-state index < -0.39 is 0 Å². The van der Waals surface area contributed by atoms with Crippen molar-refractivity contribution in [3.8, 4) is 0 Å². The van der Waals surface area contributed by atoms with Crippen LogP contribution < -0.4 is 5.32 Å². The number of carbonyl (C=O) groups excluding carboxylic acids is 1. The second-order valence-electron chi connectivity index (χ2n) is 7.15. The molecule has 6 heteroatoms. The van der Waals surface area contributed by atoms with Gasteiger partial charge in [-0.3, -0.25) is 0 Å². The molecule has 0 bridgehead atoms. The molecule has 132 valence electrons. The summed E-state index contributed by atoms with van der Waals surface area (Å²) in [6.07, 6.45) is 5.52. The molecule has 0 saturated carbocycles. The summed E-state index contributed by atoms with van der Waals surface area (Å²) in [4.78, 5) is 19.0. The zero-order valence-corrected chi connectivity index (χ0v) is 14.3. The van der Waals surface area contributed by atoms with Crippen molar-refractivity contribution in [2.24, 2.45) is 5.92 Å². The molecule has 4 heterocycles. The minimum absolute atomic E-state index is 0.0642. The summed E-state index contributed by atoms with van der Waals surface area (Å²) in [5, 5.41) is 3.02. The summed E-state index contributed by atoms with van der Waals surface area (Å²) in [7, 11) is 0. The van der Waals surface area contributed by atoms with Gasteiger partial charge in [-0.25, -0.2) is 9.78 Å². The molecule has 1 aromatic carbocycles. The van der Waals surface area contributed by atoms with E-state index in [4.69, 9.17) is 4.74 Å². The molecule has 3 aromatic rings. The fourth-order valence-electron chi connectivity index (χ4n) is 4.26. The number of urea groups is 1. The highest BCUT2D eigenvalue weighted by Crippen LogP contribution is 2.43. The van der Waals surface area contributed by atoms with Gasteiger partial charge in [0, 0.05) is 54.8 Å². The number of hydrogen-bond donors (Lipinski definition) is 1. The highest BCUT2D eigenvalue weighted by molar-refractivity contribution is 5.90. The number of anilines is 1. The van der Waals surface area contributed by atoms with Crippen LogP contribution in [0.5, 0.6) is 0 Å². The lowest BCUT2D eigenvalue weighted by Gasteiger charge is -2.27. The van der Waals surface area contributed by atoms with Crippen LogP contribution >= 0.6 is 0 Å². The third-order valence-corrected chi connectivity index (χ3v) is 5.66. The molecule has 6 nitrogen and oxygen atoms in total. The minimum atomic E-state index is -0.0916. The summed E-state index contributed by atoms with van der Waals surface area (Å²) in [5.74, 6) is 0.338. The van der Waals surface area contributed by atoms with Crippen LogP contribution in [0.15, 0.2) is 61.1 Å². The minimum Gasteiger partial charge on any atom is -0.380 e. The van der Waals surface area contributed by atoms with Crippen LogP contribution in [-0.4, -0.2) is 46.6 Å². The zero-order chi connectivity index (χ0) is 17.6. The number of imidazole rings is 1. The topological polar surface area (TPSA) is 58.9 Å². The first-order valence-corrected chi connectivity index (χ1v) is 8.87. The number of benzene rings is 1. The fourth-order valence-corrected chi connectivity index (χ4v) is 4.26. The molecule has 26 heavy (non-hydrogen) atoms. The Morgan fingerprint density at radius 2 is 2.12 bits per heavy atom.